The van der Waals surface area contributed by atoms with Gasteiger partial charge >= 0.3 is 5.97 Å². The van der Waals surface area contributed by atoms with Gasteiger partial charge in [0.1, 0.15) is 4.75 Å². The highest BCUT2D eigenvalue weighted by Gasteiger charge is 2.38. The summed E-state index contributed by atoms with van der Waals surface area (Å²) >= 11 is 0. The number of nitrogens with one attached hydrogen (secondary N) is 1. The van der Waals surface area contributed by atoms with Crippen LogP contribution in [0.3, 0.4) is 0 Å². The smallest absolute Gasteiger partial charge is 0.358 e. The Labute approximate surface area is 115 Å². The molecule has 1 heterocycles. The molecule has 20 heavy (non-hydrogen) atoms. The van der Waals surface area contributed by atoms with E-state index in [9.17, 15) is 18.0 Å². The average molecular weight is 304 g/mol. The van der Waals surface area contributed by atoms with Crippen molar-refractivity contribution in [1.29, 1.82) is 0 Å². The molecule has 9 nitrogen and oxygen atoms in total. The third kappa shape index (κ3) is 3.53. The van der Waals surface area contributed by atoms with Crippen LogP contribution in [0.25, 0.3) is 0 Å². The molecule has 0 bridgehead atoms. The maximum absolute atomic E-state index is 11.8. The van der Waals surface area contributed by atoms with Gasteiger partial charge in [-0.25, -0.2) is 17.9 Å². The van der Waals surface area contributed by atoms with Gasteiger partial charge in [-0.05, 0) is 13.8 Å². The van der Waals surface area contributed by atoms with Crippen molar-refractivity contribution in [3.8, 4) is 0 Å². The van der Waals surface area contributed by atoms with Gasteiger partial charge in [-0.2, -0.15) is 0 Å². The number of carbonyl (C=O) groups is 2. The van der Waals surface area contributed by atoms with Crippen LogP contribution in [-0.4, -0.2) is 57.9 Å². The second-order valence-corrected chi connectivity index (χ2v) is 7.28. The van der Waals surface area contributed by atoms with Crippen LogP contribution in [0.15, 0.2) is 6.20 Å². The van der Waals surface area contributed by atoms with Gasteiger partial charge in [-0.15, -0.1) is 5.10 Å². The molecule has 0 aromatic carbocycles. The molecule has 0 saturated heterocycles. The molecular weight excluding hydrogens is 288 g/mol. The topological polar surface area (TPSA) is 131 Å². The molecule has 0 spiro atoms. The first-order valence-electron chi connectivity index (χ1n) is 5.67. The van der Waals surface area contributed by atoms with E-state index in [4.69, 9.17) is 5.11 Å². The number of hydrogen-bond acceptors (Lipinski definition) is 6. The maximum atomic E-state index is 11.8. The fraction of sp³-hybridized carbons (Fsp3) is 0.600. The Morgan fingerprint density at radius 1 is 1.45 bits per heavy atom. The van der Waals surface area contributed by atoms with Crippen molar-refractivity contribution in [3.05, 3.63) is 11.9 Å². The van der Waals surface area contributed by atoms with E-state index in [0.29, 0.717) is 0 Å². The van der Waals surface area contributed by atoms with Crippen molar-refractivity contribution < 1.29 is 23.1 Å². The quantitative estimate of drug-likeness (QED) is 0.683. The molecule has 10 heteroatoms. The average Bonchev–Trinajstić information content (AvgIpc) is 2.76. The lowest BCUT2D eigenvalue weighted by Crippen LogP contribution is -2.48. The molecule has 0 aliphatic heterocycles. The number of aromatic carboxylic acids is 1. The highest BCUT2D eigenvalue weighted by molar-refractivity contribution is 7.92. The van der Waals surface area contributed by atoms with Gasteiger partial charge in [-0.1, -0.05) is 5.21 Å². The van der Waals surface area contributed by atoms with E-state index in [1.54, 1.807) is 0 Å². The first-order valence-corrected chi connectivity index (χ1v) is 7.56. The lowest BCUT2D eigenvalue weighted by Gasteiger charge is -2.21. The summed E-state index contributed by atoms with van der Waals surface area (Å²) in [6, 6.07) is 0. The summed E-state index contributed by atoms with van der Waals surface area (Å²) in [7, 11) is -3.53. The van der Waals surface area contributed by atoms with E-state index >= 15 is 0 Å². The Morgan fingerprint density at radius 2 is 2.05 bits per heavy atom. The zero-order chi connectivity index (χ0) is 15.6. The van der Waals surface area contributed by atoms with Crippen LogP contribution in [-0.2, 0) is 21.2 Å². The normalized spacial score (nSPS) is 12.2. The van der Waals surface area contributed by atoms with Crippen LogP contribution in [0.4, 0.5) is 0 Å². The molecular formula is C10H16N4O5S. The predicted octanol–water partition coefficient (Wildman–Crippen LogP) is -1.08. The highest BCUT2D eigenvalue weighted by atomic mass is 32.2. The first kappa shape index (κ1) is 16.1. The molecule has 2 N–H and O–H groups in total. The summed E-state index contributed by atoms with van der Waals surface area (Å²) < 4.78 is 22.6. The summed E-state index contributed by atoms with van der Waals surface area (Å²) in [4.78, 5) is 22.4. The number of amides is 1. The van der Waals surface area contributed by atoms with Crippen molar-refractivity contribution in [2.45, 2.75) is 25.1 Å². The minimum atomic E-state index is -3.53. The Morgan fingerprint density at radius 3 is 2.50 bits per heavy atom. The molecule has 0 radical (unpaired) electrons. The molecule has 0 fully saturated rings. The van der Waals surface area contributed by atoms with Crippen LogP contribution in [0.1, 0.15) is 24.3 Å². The minimum Gasteiger partial charge on any atom is -0.476 e. The predicted molar refractivity (Wildman–Crippen MR) is 68.9 cm³/mol. The number of rotatable bonds is 6. The largest absolute Gasteiger partial charge is 0.476 e. The molecule has 0 aliphatic carbocycles. The van der Waals surface area contributed by atoms with E-state index in [1.807, 2.05) is 0 Å². The zero-order valence-electron chi connectivity index (χ0n) is 11.3. The van der Waals surface area contributed by atoms with Crippen LogP contribution < -0.4 is 5.32 Å². The van der Waals surface area contributed by atoms with Crippen molar-refractivity contribution in [2.75, 3.05) is 12.8 Å². The van der Waals surface area contributed by atoms with Crippen LogP contribution >= 0.6 is 0 Å². The van der Waals surface area contributed by atoms with Crippen molar-refractivity contribution >= 4 is 21.7 Å². The molecule has 1 rings (SSSR count). The summed E-state index contributed by atoms with van der Waals surface area (Å²) in [5, 5.41) is 18.1. The summed E-state index contributed by atoms with van der Waals surface area (Å²) in [5.41, 5.74) is -0.201. The fourth-order valence-corrected chi connectivity index (χ4v) is 1.58. The molecule has 0 unspecified atom stereocenters. The molecule has 1 amide bonds. The van der Waals surface area contributed by atoms with E-state index < -0.39 is 26.5 Å². The van der Waals surface area contributed by atoms with Gasteiger partial charge in [-0.3, -0.25) is 4.79 Å². The summed E-state index contributed by atoms with van der Waals surface area (Å²) in [6.45, 7) is 2.93. The van der Waals surface area contributed by atoms with E-state index in [1.165, 1.54) is 24.7 Å². The second kappa shape index (κ2) is 5.57. The standard InChI is InChI=1S/C10H16N4O5S/c1-10(2,20(3,18)19)9(17)11-4-5-14-6-7(8(15)16)12-13-14/h6H,4-5H2,1-3H3,(H,11,17)(H,15,16). The maximum Gasteiger partial charge on any atom is 0.358 e. The Balaban J connectivity index is 2.56. The fourth-order valence-electron chi connectivity index (χ4n) is 1.17. The summed E-state index contributed by atoms with van der Waals surface area (Å²) in [5.74, 6) is -1.82. The molecule has 1 aromatic rings. The number of carbonyl (C=O) groups excluding carboxylic acids is 1. The number of aromatic nitrogens is 3. The van der Waals surface area contributed by atoms with Gasteiger partial charge in [0.2, 0.25) is 5.91 Å². The first-order chi connectivity index (χ1) is 9.05. The SMILES string of the molecule is CC(C)(C(=O)NCCn1cc(C(=O)O)nn1)S(C)(=O)=O. The second-order valence-electron chi connectivity index (χ2n) is 4.71. The van der Waals surface area contributed by atoms with Crippen molar-refractivity contribution in [3.63, 3.8) is 0 Å². The number of nitrogens with zero attached hydrogens (tertiary/aromatic N) is 3. The lowest BCUT2D eigenvalue weighted by atomic mass is 10.2. The third-order valence-electron chi connectivity index (χ3n) is 2.86. The lowest BCUT2D eigenvalue weighted by molar-refractivity contribution is -0.122. The van der Waals surface area contributed by atoms with Gasteiger partial charge in [0, 0.05) is 12.8 Å². The van der Waals surface area contributed by atoms with Crippen molar-refractivity contribution in [1.82, 2.24) is 20.3 Å². The Hall–Kier alpha value is -1.97. The Bertz CT molecular complexity index is 619. The minimum absolute atomic E-state index is 0.111. The van der Waals surface area contributed by atoms with Gasteiger partial charge in [0.05, 0.1) is 12.7 Å². The number of hydrogen-bond donors (Lipinski definition) is 2. The Kier molecular flexibility index (Phi) is 4.48. The number of carboxylic acids is 1. The molecule has 1 aromatic heterocycles. The van der Waals surface area contributed by atoms with E-state index in [2.05, 4.69) is 15.6 Å². The van der Waals surface area contributed by atoms with Crippen LogP contribution in [0, 0.1) is 0 Å². The highest BCUT2D eigenvalue weighted by Crippen LogP contribution is 2.14. The van der Waals surface area contributed by atoms with Gasteiger partial charge in [0.25, 0.3) is 0 Å². The molecule has 0 aliphatic rings. The van der Waals surface area contributed by atoms with Crippen molar-refractivity contribution in [2.24, 2.45) is 0 Å². The van der Waals surface area contributed by atoms with E-state index in [-0.39, 0.29) is 18.8 Å². The van der Waals surface area contributed by atoms with Gasteiger partial charge < -0.3 is 10.4 Å². The summed E-state index contributed by atoms with van der Waals surface area (Å²) in [6.07, 6.45) is 2.21. The van der Waals surface area contributed by atoms with E-state index in [0.717, 1.165) is 6.26 Å². The monoisotopic (exact) mass is 304 g/mol. The number of carboxylic acid groups (broad SMARTS) is 1. The zero-order valence-corrected chi connectivity index (χ0v) is 12.1. The van der Waals surface area contributed by atoms with Gasteiger partial charge in [0.15, 0.2) is 15.5 Å². The molecule has 0 atom stereocenters. The van der Waals surface area contributed by atoms with Crippen LogP contribution in [0.2, 0.25) is 0 Å². The molecule has 112 valence electrons. The number of sulfone groups is 1. The molecule has 0 saturated carbocycles. The van der Waals surface area contributed by atoms with Crippen LogP contribution in [0.5, 0.6) is 0 Å². The third-order valence-corrected chi connectivity index (χ3v) is 4.90.